The second-order valence-corrected chi connectivity index (χ2v) is 12.6. The van der Waals surface area contributed by atoms with E-state index in [1.54, 1.807) is 0 Å². The van der Waals surface area contributed by atoms with Crippen LogP contribution in [0.4, 0.5) is 22.0 Å². The van der Waals surface area contributed by atoms with Gasteiger partial charge in [-0.05, 0) is 24.2 Å². The van der Waals surface area contributed by atoms with Crippen molar-refractivity contribution in [3.8, 4) is 0 Å². The van der Waals surface area contributed by atoms with Gasteiger partial charge < -0.3 is 4.43 Å². The highest BCUT2D eigenvalue weighted by atomic mass is 79.9. The maximum atomic E-state index is 14.0. The molecule has 128 valence electrons. The van der Waals surface area contributed by atoms with Gasteiger partial charge in [0.05, 0.1) is 6.61 Å². The monoisotopic (exact) mass is 406 g/mol. The highest BCUT2D eigenvalue weighted by Crippen LogP contribution is 2.50. The lowest BCUT2D eigenvalue weighted by molar-refractivity contribution is -0.214. The van der Waals surface area contributed by atoms with Crippen molar-refractivity contribution in [1.29, 1.82) is 0 Å². The van der Waals surface area contributed by atoms with E-state index in [0.29, 0.717) is 0 Å². The number of rotatable bonds is 3. The molecule has 0 fully saturated rings. The molecule has 0 aromatic heterocycles. The molecule has 0 saturated carbocycles. The van der Waals surface area contributed by atoms with Gasteiger partial charge in [-0.2, -0.15) is 13.2 Å². The molecule has 0 saturated heterocycles. The largest absolute Gasteiger partial charge is 0.427 e. The van der Waals surface area contributed by atoms with Crippen LogP contribution in [0.3, 0.4) is 0 Å². The van der Waals surface area contributed by atoms with Gasteiger partial charge in [-0.15, -0.1) is 0 Å². The molecule has 1 nitrogen and oxygen atoms in total. The van der Waals surface area contributed by atoms with E-state index in [4.69, 9.17) is 4.43 Å². The molecule has 1 rings (SSSR count). The first-order valence-electron chi connectivity index (χ1n) is 6.76. The second kappa shape index (κ2) is 6.01. The van der Waals surface area contributed by atoms with Crippen molar-refractivity contribution in [3.63, 3.8) is 0 Å². The molecule has 0 spiro atoms. The van der Waals surface area contributed by atoms with Gasteiger partial charge in [0, 0.05) is 16.5 Å². The highest BCUT2D eigenvalue weighted by Gasteiger charge is 2.59. The van der Waals surface area contributed by atoms with E-state index in [1.807, 2.05) is 33.9 Å². The van der Waals surface area contributed by atoms with Crippen LogP contribution in [0.2, 0.25) is 18.1 Å². The minimum Gasteiger partial charge on any atom is -0.412 e. The Morgan fingerprint density at radius 2 is 1.77 bits per heavy atom. The van der Waals surface area contributed by atoms with Gasteiger partial charge in [-0.25, -0.2) is 8.78 Å². The Balaban J connectivity index is 2.95. The molecule has 1 aliphatic carbocycles. The summed E-state index contributed by atoms with van der Waals surface area (Å²) in [4.78, 5) is 0. The predicted octanol–water partition coefficient (Wildman–Crippen LogP) is 6.18. The lowest BCUT2D eigenvalue weighted by Crippen LogP contribution is -2.44. The standard InChI is InChI=1S/C14H20BrF5OSi/c1-12(2,3)22(4,5)21-8-9-6-11(15)13(17,7-10(9)16)14(18,19)20/h6H,7-8H2,1-5H3. The fourth-order valence-electron chi connectivity index (χ4n) is 1.59. The fourth-order valence-corrected chi connectivity index (χ4v) is 3.18. The molecule has 0 aromatic rings. The number of alkyl halides is 4. The molecule has 0 heterocycles. The van der Waals surface area contributed by atoms with Crippen LogP contribution in [0.15, 0.2) is 22.0 Å². The van der Waals surface area contributed by atoms with Crippen LogP contribution < -0.4 is 0 Å². The average molecular weight is 407 g/mol. The zero-order chi connectivity index (χ0) is 17.6. The van der Waals surface area contributed by atoms with Gasteiger partial charge >= 0.3 is 6.18 Å². The quantitative estimate of drug-likeness (QED) is 0.401. The maximum absolute atomic E-state index is 14.0. The molecule has 0 radical (unpaired) electrons. The van der Waals surface area contributed by atoms with E-state index < -0.39 is 36.9 Å². The first-order valence-corrected chi connectivity index (χ1v) is 10.5. The summed E-state index contributed by atoms with van der Waals surface area (Å²) in [7, 11) is -2.17. The van der Waals surface area contributed by atoms with Crippen LogP contribution in [0.25, 0.3) is 0 Å². The molecule has 0 N–H and O–H groups in total. The number of allylic oxidation sites excluding steroid dienone is 2. The zero-order valence-electron chi connectivity index (χ0n) is 13.2. The normalized spacial score (nSPS) is 24.6. The number of halogens is 6. The van der Waals surface area contributed by atoms with Crippen molar-refractivity contribution in [2.75, 3.05) is 6.61 Å². The van der Waals surface area contributed by atoms with E-state index in [0.717, 1.165) is 6.08 Å². The second-order valence-electron chi connectivity index (χ2n) is 6.95. The van der Waals surface area contributed by atoms with Crippen LogP contribution in [0.5, 0.6) is 0 Å². The molecular weight excluding hydrogens is 387 g/mol. The Labute approximate surface area is 136 Å². The average Bonchev–Trinajstić information content (AvgIpc) is 2.29. The van der Waals surface area contributed by atoms with E-state index >= 15 is 0 Å². The molecule has 1 unspecified atom stereocenters. The van der Waals surface area contributed by atoms with Crippen LogP contribution in [0.1, 0.15) is 27.2 Å². The van der Waals surface area contributed by atoms with Gasteiger partial charge in [0.2, 0.25) is 5.67 Å². The summed E-state index contributed by atoms with van der Waals surface area (Å²) in [5.41, 5.74) is -3.76. The molecule has 0 aromatic carbocycles. The Bertz CT molecular complexity index is 504. The molecule has 0 bridgehead atoms. The smallest absolute Gasteiger partial charge is 0.412 e. The summed E-state index contributed by atoms with van der Waals surface area (Å²) in [5, 5.41) is -0.116. The molecule has 8 heteroatoms. The predicted molar refractivity (Wildman–Crippen MR) is 82.8 cm³/mol. The SMILES string of the molecule is CC(C)(C)[Si](C)(C)OCC1=C(F)CC(F)(C(F)(F)F)C(Br)=C1. The van der Waals surface area contributed by atoms with Crippen molar-refractivity contribution in [3.05, 3.63) is 22.0 Å². The molecule has 1 aliphatic rings. The summed E-state index contributed by atoms with van der Waals surface area (Å²) in [6, 6.07) is 0. The number of hydrogen-bond acceptors (Lipinski definition) is 1. The molecular formula is C14H20BrF5OSi. The van der Waals surface area contributed by atoms with Crippen molar-refractivity contribution < 1.29 is 26.4 Å². The number of hydrogen-bond donors (Lipinski definition) is 0. The molecule has 0 aliphatic heterocycles. The van der Waals surface area contributed by atoms with Crippen molar-refractivity contribution in [1.82, 2.24) is 0 Å². The Morgan fingerprint density at radius 1 is 1.27 bits per heavy atom. The van der Waals surface area contributed by atoms with Crippen LogP contribution >= 0.6 is 15.9 Å². The Morgan fingerprint density at radius 3 is 2.18 bits per heavy atom. The Kier molecular flexibility index (Phi) is 5.42. The van der Waals surface area contributed by atoms with Crippen LogP contribution in [-0.4, -0.2) is 26.8 Å². The van der Waals surface area contributed by atoms with Gasteiger partial charge in [0.25, 0.3) is 0 Å². The first kappa shape index (κ1) is 19.8. The third-order valence-corrected chi connectivity index (χ3v) is 9.61. The zero-order valence-corrected chi connectivity index (χ0v) is 15.8. The van der Waals surface area contributed by atoms with Gasteiger partial charge in [-0.1, -0.05) is 36.7 Å². The lowest BCUT2D eigenvalue weighted by Gasteiger charge is -2.37. The lowest BCUT2D eigenvalue weighted by atomic mass is 9.92. The van der Waals surface area contributed by atoms with E-state index in [1.165, 1.54) is 0 Å². The van der Waals surface area contributed by atoms with Gasteiger partial charge in [0.1, 0.15) is 5.83 Å². The summed E-state index contributed by atoms with van der Waals surface area (Å²) >= 11 is 2.60. The summed E-state index contributed by atoms with van der Waals surface area (Å²) < 4.78 is 71.2. The minimum atomic E-state index is -5.18. The van der Waals surface area contributed by atoms with Crippen LogP contribution in [-0.2, 0) is 4.43 Å². The van der Waals surface area contributed by atoms with E-state index in [2.05, 4.69) is 15.9 Å². The summed E-state index contributed by atoms with van der Waals surface area (Å²) in [6.07, 6.45) is -5.69. The highest BCUT2D eigenvalue weighted by molar-refractivity contribution is 9.11. The maximum Gasteiger partial charge on any atom is 0.427 e. The minimum absolute atomic E-state index is 0.0470. The van der Waals surface area contributed by atoms with Gasteiger partial charge in [-0.3, -0.25) is 0 Å². The van der Waals surface area contributed by atoms with E-state index in [-0.39, 0.29) is 17.2 Å². The van der Waals surface area contributed by atoms with Crippen molar-refractivity contribution in [2.24, 2.45) is 0 Å². The van der Waals surface area contributed by atoms with Gasteiger partial charge in [0.15, 0.2) is 8.32 Å². The molecule has 0 amide bonds. The van der Waals surface area contributed by atoms with Crippen molar-refractivity contribution in [2.45, 2.75) is 57.2 Å². The van der Waals surface area contributed by atoms with Crippen molar-refractivity contribution >= 4 is 24.2 Å². The third kappa shape index (κ3) is 3.81. The van der Waals surface area contributed by atoms with E-state index in [9.17, 15) is 22.0 Å². The molecule has 22 heavy (non-hydrogen) atoms. The summed E-state index contributed by atoms with van der Waals surface area (Å²) in [5.74, 6) is -1.12. The molecule has 1 atom stereocenters. The Hall–Kier alpha value is -0.213. The third-order valence-electron chi connectivity index (χ3n) is 4.27. The fraction of sp³-hybridized carbons (Fsp3) is 0.714. The van der Waals surface area contributed by atoms with Crippen LogP contribution in [0, 0.1) is 0 Å². The summed E-state index contributed by atoms with van der Waals surface area (Å²) in [6.45, 7) is 9.71. The first-order chi connectivity index (χ1) is 9.62. The topological polar surface area (TPSA) is 9.23 Å².